The third-order valence-corrected chi connectivity index (χ3v) is 3.69. The first kappa shape index (κ1) is 16.0. The lowest BCUT2D eigenvalue weighted by Gasteiger charge is -2.12. The SMILES string of the molecule is O=C1CN(CCCCOc2ccc(Cc3ccn[nH]3)nc2)C(=O)N1. The van der Waals surface area contributed by atoms with Crippen LogP contribution in [0.4, 0.5) is 4.79 Å². The van der Waals surface area contributed by atoms with Crippen molar-refractivity contribution in [2.45, 2.75) is 19.3 Å². The number of hydrogen-bond donors (Lipinski definition) is 2. The lowest BCUT2D eigenvalue weighted by molar-refractivity contribution is -0.118. The highest BCUT2D eigenvalue weighted by atomic mass is 16.5. The molecular formula is C16H19N5O3. The monoisotopic (exact) mass is 329 g/mol. The van der Waals surface area contributed by atoms with E-state index in [-0.39, 0.29) is 18.5 Å². The van der Waals surface area contributed by atoms with E-state index in [1.807, 2.05) is 18.2 Å². The van der Waals surface area contributed by atoms with Crippen LogP contribution in [-0.4, -0.2) is 51.7 Å². The molecule has 3 rings (SSSR count). The number of aromatic nitrogens is 3. The van der Waals surface area contributed by atoms with Crippen molar-refractivity contribution in [1.82, 2.24) is 25.4 Å². The number of unbranched alkanes of at least 4 members (excludes halogenated alkanes) is 1. The van der Waals surface area contributed by atoms with Crippen LogP contribution >= 0.6 is 0 Å². The van der Waals surface area contributed by atoms with Gasteiger partial charge in [-0.05, 0) is 31.0 Å². The van der Waals surface area contributed by atoms with Crippen LogP contribution in [0.1, 0.15) is 24.2 Å². The summed E-state index contributed by atoms with van der Waals surface area (Å²) in [5, 5.41) is 9.07. The standard InChI is InChI=1S/C16H19N5O3/c22-15-11-21(16(23)19-15)7-1-2-8-24-14-4-3-12(17-10-14)9-13-5-6-18-20-13/h3-6,10H,1-2,7-9,11H2,(H,18,20)(H,19,22,23). The molecule has 2 N–H and O–H groups in total. The van der Waals surface area contributed by atoms with Crippen LogP contribution < -0.4 is 10.1 Å². The van der Waals surface area contributed by atoms with Crippen LogP contribution in [0, 0.1) is 0 Å². The van der Waals surface area contributed by atoms with Gasteiger partial charge in [0.15, 0.2) is 0 Å². The van der Waals surface area contributed by atoms with Crippen molar-refractivity contribution in [3.63, 3.8) is 0 Å². The van der Waals surface area contributed by atoms with Crippen LogP contribution in [0.3, 0.4) is 0 Å². The zero-order valence-electron chi connectivity index (χ0n) is 13.2. The molecule has 24 heavy (non-hydrogen) atoms. The van der Waals surface area contributed by atoms with E-state index in [1.165, 1.54) is 4.90 Å². The molecule has 2 aromatic rings. The van der Waals surface area contributed by atoms with Gasteiger partial charge in [0.2, 0.25) is 5.91 Å². The Kier molecular flexibility index (Phi) is 5.05. The first-order valence-electron chi connectivity index (χ1n) is 7.85. The Hall–Kier alpha value is -2.90. The van der Waals surface area contributed by atoms with E-state index >= 15 is 0 Å². The van der Waals surface area contributed by atoms with Crippen LogP contribution in [0.15, 0.2) is 30.6 Å². The largest absolute Gasteiger partial charge is 0.492 e. The van der Waals surface area contributed by atoms with Gasteiger partial charge in [0, 0.05) is 30.6 Å². The summed E-state index contributed by atoms with van der Waals surface area (Å²) >= 11 is 0. The first-order valence-corrected chi connectivity index (χ1v) is 7.85. The highest BCUT2D eigenvalue weighted by molar-refractivity contribution is 6.01. The number of H-pyrrole nitrogens is 1. The first-order chi connectivity index (χ1) is 11.7. The summed E-state index contributed by atoms with van der Waals surface area (Å²) in [6.45, 7) is 1.26. The second-order valence-electron chi connectivity index (χ2n) is 5.57. The molecule has 3 heterocycles. The van der Waals surface area contributed by atoms with Gasteiger partial charge in [-0.3, -0.25) is 20.2 Å². The van der Waals surface area contributed by atoms with Crippen molar-refractivity contribution in [3.05, 3.63) is 42.0 Å². The smallest absolute Gasteiger partial charge is 0.324 e. The maximum absolute atomic E-state index is 11.4. The summed E-state index contributed by atoms with van der Waals surface area (Å²) in [6.07, 6.45) is 5.71. The number of rotatable bonds is 8. The van der Waals surface area contributed by atoms with E-state index in [0.717, 1.165) is 30.0 Å². The normalized spacial score (nSPS) is 14.1. The Morgan fingerprint density at radius 2 is 2.12 bits per heavy atom. The van der Waals surface area contributed by atoms with E-state index in [4.69, 9.17) is 4.74 Å². The average Bonchev–Trinajstić information content (AvgIpc) is 3.18. The molecule has 0 aromatic carbocycles. The number of amides is 3. The minimum Gasteiger partial charge on any atom is -0.492 e. The molecular weight excluding hydrogens is 310 g/mol. The van der Waals surface area contributed by atoms with E-state index in [1.54, 1.807) is 12.4 Å². The van der Waals surface area contributed by atoms with Crippen LogP contribution in [0.2, 0.25) is 0 Å². The molecule has 0 bridgehead atoms. The predicted molar refractivity (Wildman–Crippen MR) is 85.5 cm³/mol. The number of ether oxygens (including phenoxy) is 1. The molecule has 8 nitrogen and oxygen atoms in total. The Morgan fingerprint density at radius 1 is 1.21 bits per heavy atom. The number of nitrogens with zero attached hydrogens (tertiary/aromatic N) is 3. The summed E-state index contributed by atoms with van der Waals surface area (Å²) in [5.74, 6) is 0.481. The summed E-state index contributed by atoms with van der Waals surface area (Å²) in [6, 6.07) is 5.43. The number of carbonyl (C=O) groups is 2. The minimum atomic E-state index is -0.307. The summed E-state index contributed by atoms with van der Waals surface area (Å²) < 4.78 is 5.64. The van der Waals surface area contributed by atoms with Gasteiger partial charge in [0.05, 0.1) is 12.8 Å². The van der Waals surface area contributed by atoms with Gasteiger partial charge in [-0.2, -0.15) is 5.10 Å². The van der Waals surface area contributed by atoms with Crippen molar-refractivity contribution in [2.24, 2.45) is 0 Å². The fourth-order valence-corrected chi connectivity index (χ4v) is 2.44. The van der Waals surface area contributed by atoms with E-state index < -0.39 is 0 Å². The number of pyridine rings is 1. The molecule has 2 aromatic heterocycles. The van der Waals surface area contributed by atoms with Gasteiger partial charge in [-0.25, -0.2) is 4.79 Å². The number of urea groups is 1. The van der Waals surface area contributed by atoms with E-state index in [0.29, 0.717) is 19.6 Å². The summed E-state index contributed by atoms with van der Waals surface area (Å²) in [7, 11) is 0. The average molecular weight is 329 g/mol. The zero-order valence-corrected chi connectivity index (χ0v) is 13.2. The quantitative estimate of drug-likeness (QED) is 0.558. The Bertz CT molecular complexity index is 684. The van der Waals surface area contributed by atoms with Crippen molar-refractivity contribution in [3.8, 4) is 5.75 Å². The molecule has 0 atom stereocenters. The molecule has 0 radical (unpaired) electrons. The minimum absolute atomic E-state index is 0.154. The van der Waals surface area contributed by atoms with E-state index in [9.17, 15) is 9.59 Å². The Labute approximate surface area is 139 Å². The number of imide groups is 1. The maximum atomic E-state index is 11.4. The van der Waals surface area contributed by atoms with Gasteiger partial charge >= 0.3 is 6.03 Å². The van der Waals surface area contributed by atoms with Crippen LogP contribution in [0.5, 0.6) is 5.75 Å². The molecule has 126 valence electrons. The van der Waals surface area contributed by atoms with Gasteiger partial charge in [0.25, 0.3) is 0 Å². The Morgan fingerprint density at radius 3 is 2.79 bits per heavy atom. The van der Waals surface area contributed by atoms with Gasteiger partial charge in [-0.15, -0.1) is 0 Å². The molecule has 0 saturated carbocycles. The fourth-order valence-electron chi connectivity index (χ4n) is 2.44. The molecule has 1 aliphatic rings. The van der Waals surface area contributed by atoms with Crippen LogP contribution in [0.25, 0.3) is 0 Å². The molecule has 0 unspecified atom stereocenters. The van der Waals surface area contributed by atoms with Crippen molar-refractivity contribution in [1.29, 1.82) is 0 Å². The van der Waals surface area contributed by atoms with Crippen molar-refractivity contribution >= 4 is 11.9 Å². The molecule has 8 heteroatoms. The third kappa shape index (κ3) is 4.31. The molecule has 1 fully saturated rings. The number of hydrogen-bond acceptors (Lipinski definition) is 5. The van der Waals surface area contributed by atoms with Crippen molar-refractivity contribution in [2.75, 3.05) is 19.7 Å². The number of nitrogens with one attached hydrogen (secondary N) is 2. The van der Waals surface area contributed by atoms with Gasteiger partial charge < -0.3 is 9.64 Å². The Balaban J connectivity index is 1.35. The molecule has 0 aliphatic carbocycles. The van der Waals surface area contributed by atoms with Gasteiger partial charge in [-0.1, -0.05) is 0 Å². The molecule has 3 amide bonds. The number of carbonyl (C=O) groups excluding carboxylic acids is 2. The summed E-state index contributed by atoms with van der Waals surface area (Å²) in [5.41, 5.74) is 1.96. The molecule has 1 aliphatic heterocycles. The van der Waals surface area contributed by atoms with Crippen LogP contribution in [-0.2, 0) is 11.2 Å². The highest BCUT2D eigenvalue weighted by Gasteiger charge is 2.25. The predicted octanol–water partition coefficient (Wildman–Crippen LogP) is 1.11. The lowest BCUT2D eigenvalue weighted by atomic mass is 10.2. The second kappa shape index (κ2) is 7.58. The maximum Gasteiger partial charge on any atom is 0.324 e. The third-order valence-electron chi connectivity index (χ3n) is 3.69. The van der Waals surface area contributed by atoms with E-state index in [2.05, 4.69) is 20.5 Å². The lowest BCUT2D eigenvalue weighted by Crippen LogP contribution is -2.29. The second-order valence-corrected chi connectivity index (χ2v) is 5.57. The number of aromatic amines is 1. The topological polar surface area (TPSA) is 100 Å². The van der Waals surface area contributed by atoms with Gasteiger partial charge in [0.1, 0.15) is 12.3 Å². The molecule has 0 spiro atoms. The molecule has 1 saturated heterocycles. The summed E-state index contributed by atoms with van der Waals surface area (Å²) in [4.78, 5) is 28.3. The fraction of sp³-hybridized carbons (Fsp3) is 0.375. The highest BCUT2D eigenvalue weighted by Crippen LogP contribution is 2.12. The van der Waals surface area contributed by atoms with Crippen molar-refractivity contribution < 1.29 is 14.3 Å². The zero-order chi connectivity index (χ0) is 16.8.